The number of carbonyl (C=O) groups excluding carboxylic acids is 1. The molecule has 1 atom stereocenters. The van der Waals surface area contributed by atoms with Crippen LogP contribution in [0.25, 0.3) is 0 Å². The first kappa shape index (κ1) is 15.3. The molecule has 0 fully saturated rings. The molecule has 0 heterocycles. The topological polar surface area (TPSA) is 99.0 Å². The lowest BCUT2D eigenvalue weighted by molar-refractivity contribution is -0.146. The molecule has 0 bridgehead atoms. The molecule has 1 rings (SSSR count). The molecule has 0 spiro atoms. The number of benzene rings is 1. The summed E-state index contributed by atoms with van der Waals surface area (Å²) in [5, 5.41) is 31.4. The highest BCUT2D eigenvalue weighted by molar-refractivity contribution is 5.71. The zero-order valence-electron chi connectivity index (χ0n) is 11.0. The van der Waals surface area contributed by atoms with E-state index < -0.39 is 12.1 Å². The van der Waals surface area contributed by atoms with Gasteiger partial charge in [0, 0.05) is 12.1 Å². The Labute approximate surface area is 111 Å². The third-order valence-electron chi connectivity index (χ3n) is 2.34. The SMILES string of the molecule is CC(C)OC(=O)CNCC(O)c1cc(O)ccc1O. The van der Waals surface area contributed by atoms with Crippen molar-refractivity contribution in [2.24, 2.45) is 0 Å². The molecule has 0 amide bonds. The number of hydrogen-bond donors (Lipinski definition) is 4. The molecule has 1 unspecified atom stereocenters. The van der Waals surface area contributed by atoms with E-state index in [0.717, 1.165) is 0 Å². The fraction of sp³-hybridized carbons (Fsp3) is 0.462. The highest BCUT2D eigenvalue weighted by Crippen LogP contribution is 2.27. The number of aliphatic hydroxyl groups is 1. The molecule has 19 heavy (non-hydrogen) atoms. The summed E-state index contributed by atoms with van der Waals surface area (Å²) in [4.78, 5) is 11.2. The molecule has 6 heteroatoms. The van der Waals surface area contributed by atoms with Gasteiger partial charge in [-0.05, 0) is 32.0 Å². The monoisotopic (exact) mass is 269 g/mol. The van der Waals surface area contributed by atoms with Gasteiger partial charge in [-0.25, -0.2) is 0 Å². The van der Waals surface area contributed by atoms with Crippen LogP contribution >= 0.6 is 0 Å². The van der Waals surface area contributed by atoms with E-state index in [1.54, 1.807) is 13.8 Å². The van der Waals surface area contributed by atoms with Crippen molar-refractivity contribution in [2.75, 3.05) is 13.1 Å². The Bertz CT molecular complexity index is 433. The summed E-state index contributed by atoms with van der Waals surface area (Å²) in [5.41, 5.74) is 0.199. The van der Waals surface area contributed by atoms with Gasteiger partial charge in [-0.1, -0.05) is 0 Å². The Morgan fingerprint density at radius 3 is 2.68 bits per heavy atom. The smallest absolute Gasteiger partial charge is 0.320 e. The number of rotatable bonds is 6. The number of hydrogen-bond acceptors (Lipinski definition) is 6. The number of phenolic OH excluding ortho intramolecular Hbond substituents is 2. The van der Waals surface area contributed by atoms with Crippen molar-refractivity contribution in [1.29, 1.82) is 0 Å². The average Bonchev–Trinajstić information content (AvgIpc) is 2.31. The largest absolute Gasteiger partial charge is 0.508 e. The van der Waals surface area contributed by atoms with E-state index in [4.69, 9.17) is 4.74 Å². The van der Waals surface area contributed by atoms with Crippen molar-refractivity contribution in [3.8, 4) is 11.5 Å². The molecule has 4 N–H and O–H groups in total. The third-order valence-corrected chi connectivity index (χ3v) is 2.34. The first-order chi connectivity index (χ1) is 8.90. The quantitative estimate of drug-likeness (QED) is 0.447. The number of ether oxygens (including phenoxy) is 1. The van der Waals surface area contributed by atoms with Gasteiger partial charge in [0.2, 0.25) is 0 Å². The minimum Gasteiger partial charge on any atom is -0.508 e. The van der Waals surface area contributed by atoms with Crippen molar-refractivity contribution in [3.05, 3.63) is 23.8 Å². The summed E-state index contributed by atoms with van der Waals surface area (Å²) in [6.45, 7) is 3.52. The lowest BCUT2D eigenvalue weighted by Crippen LogP contribution is -2.30. The highest BCUT2D eigenvalue weighted by atomic mass is 16.5. The van der Waals surface area contributed by atoms with E-state index in [1.807, 2.05) is 0 Å². The van der Waals surface area contributed by atoms with Crippen LogP contribution < -0.4 is 5.32 Å². The number of aromatic hydroxyl groups is 2. The Morgan fingerprint density at radius 2 is 2.05 bits per heavy atom. The van der Waals surface area contributed by atoms with Crippen LogP contribution in [0.3, 0.4) is 0 Å². The molecule has 0 saturated heterocycles. The van der Waals surface area contributed by atoms with Gasteiger partial charge in [-0.15, -0.1) is 0 Å². The first-order valence-electron chi connectivity index (χ1n) is 6.00. The van der Waals surface area contributed by atoms with E-state index in [2.05, 4.69) is 5.32 Å². The Kier molecular flexibility index (Phi) is 5.59. The van der Waals surface area contributed by atoms with Gasteiger partial charge < -0.3 is 25.4 Å². The number of esters is 1. The van der Waals surface area contributed by atoms with Crippen LogP contribution in [-0.4, -0.2) is 40.5 Å². The number of aliphatic hydroxyl groups excluding tert-OH is 1. The normalized spacial score (nSPS) is 12.4. The third kappa shape index (κ3) is 5.15. The minimum atomic E-state index is -1.03. The molecule has 106 valence electrons. The molecule has 1 aromatic carbocycles. The second-order valence-corrected chi connectivity index (χ2v) is 4.43. The van der Waals surface area contributed by atoms with Crippen LogP contribution in [0.1, 0.15) is 25.5 Å². The second-order valence-electron chi connectivity index (χ2n) is 4.43. The van der Waals surface area contributed by atoms with Crippen LogP contribution in [0.15, 0.2) is 18.2 Å². The lowest BCUT2D eigenvalue weighted by Gasteiger charge is -2.14. The van der Waals surface area contributed by atoms with Gasteiger partial charge in [0.25, 0.3) is 0 Å². The maximum Gasteiger partial charge on any atom is 0.320 e. The average molecular weight is 269 g/mol. The summed E-state index contributed by atoms with van der Waals surface area (Å²) >= 11 is 0. The zero-order valence-corrected chi connectivity index (χ0v) is 11.0. The number of carbonyl (C=O) groups is 1. The first-order valence-corrected chi connectivity index (χ1v) is 6.00. The van der Waals surface area contributed by atoms with Crippen LogP contribution in [0, 0.1) is 0 Å². The fourth-order valence-electron chi connectivity index (χ4n) is 1.53. The standard InChI is InChI=1S/C13H19NO5/c1-8(2)19-13(18)7-14-6-12(17)10-5-9(15)3-4-11(10)16/h3-5,8,12,14-17H,6-7H2,1-2H3. The van der Waals surface area contributed by atoms with E-state index >= 15 is 0 Å². The Hall–Kier alpha value is -1.79. The zero-order chi connectivity index (χ0) is 14.4. The van der Waals surface area contributed by atoms with Gasteiger partial charge >= 0.3 is 5.97 Å². The van der Waals surface area contributed by atoms with Crippen LogP contribution in [0.5, 0.6) is 11.5 Å². The van der Waals surface area contributed by atoms with Crippen molar-refractivity contribution in [1.82, 2.24) is 5.32 Å². The lowest BCUT2D eigenvalue weighted by atomic mass is 10.1. The van der Waals surface area contributed by atoms with Crippen LogP contribution in [0.4, 0.5) is 0 Å². The minimum absolute atomic E-state index is 0.0329. The van der Waals surface area contributed by atoms with Gasteiger partial charge in [-0.2, -0.15) is 0 Å². The summed E-state index contributed by atoms with van der Waals surface area (Å²) < 4.78 is 4.91. The fourth-order valence-corrected chi connectivity index (χ4v) is 1.53. The Balaban J connectivity index is 2.45. The van der Waals surface area contributed by atoms with Gasteiger partial charge in [0.15, 0.2) is 0 Å². The summed E-state index contributed by atoms with van der Waals surface area (Å²) in [5.74, 6) is -0.578. The van der Waals surface area contributed by atoms with E-state index in [1.165, 1.54) is 18.2 Å². The summed E-state index contributed by atoms with van der Waals surface area (Å²) in [6.07, 6.45) is -1.21. The maximum atomic E-state index is 11.2. The van der Waals surface area contributed by atoms with Crippen molar-refractivity contribution < 1.29 is 24.9 Å². The molecular weight excluding hydrogens is 250 g/mol. The van der Waals surface area contributed by atoms with Crippen LogP contribution in [-0.2, 0) is 9.53 Å². The molecular formula is C13H19NO5. The van der Waals surface area contributed by atoms with Crippen molar-refractivity contribution in [2.45, 2.75) is 26.1 Å². The van der Waals surface area contributed by atoms with Crippen molar-refractivity contribution in [3.63, 3.8) is 0 Å². The predicted octanol–water partition coefficient (Wildman–Crippen LogP) is 0.672. The van der Waals surface area contributed by atoms with Gasteiger partial charge in [0.1, 0.15) is 11.5 Å². The number of nitrogens with one attached hydrogen (secondary N) is 1. The molecule has 1 aromatic rings. The molecule has 0 aliphatic carbocycles. The van der Waals surface area contributed by atoms with Gasteiger partial charge in [0.05, 0.1) is 18.8 Å². The molecule has 0 saturated carbocycles. The van der Waals surface area contributed by atoms with Crippen LogP contribution in [0.2, 0.25) is 0 Å². The molecule has 0 radical (unpaired) electrons. The maximum absolute atomic E-state index is 11.2. The Morgan fingerprint density at radius 1 is 1.37 bits per heavy atom. The predicted molar refractivity (Wildman–Crippen MR) is 68.8 cm³/mol. The second kappa shape index (κ2) is 6.96. The highest BCUT2D eigenvalue weighted by Gasteiger charge is 2.14. The molecule has 0 aliphatic rings. The summed E-state index contributed by atoms with van der Waals surface area (Å²) in [7, 11) is 0. The number of phenols is 2. The van der Waals surface area contributed by atoms with Gasteiger partial charge in [-0.3, -0.25) is 4.79 Å². The van der Waals surface area contributed by atoms with E-state index in [9.17, 15) is 20.1 Å². The summed E-state index contributed by atoms with van der Waals surface area (Å²) in [6, 6.07) is 3.88. The van der Waals surface area contributed by atoms with Crippen molar-refractivity contribution >= 4 is 5.97 Å². The van der Waals surface area contributed by atoms with E-state index in [-0.39, 0.29) is 36.3 Å². The molecule has 0 aromatic heterocycles. The molecule has 0 aliphatic heterocycles. The molecule has 6 nitrogen and oxygen atoms in total. The van der Waals surface area contributed by atoms with E-state index in [0.29, 0.717) is 0 Å².